The van der Waals surface area contributed by atoms with E-state index in [1.54, 1.807) is 0 Å². The van der Waals surface area contributed by atoms with Gasteiger partial charge in [-0.05, 0) is 26.0 Å². The second-order valence-corrected chi connectivity index (χ2v) is 4.06. The minimum atomic E-state index is -1.48. The Morgan fingerprint density at radius 2 is 1.82 bits per heavy atom. The summed E-state index contributed by atoms with van der Waals surface area (Å²) in [5.74, 6) is -3.12. The summed E-state index contributed by atoms with van der Waals surface area (Å²) in [7, 11) is 0. The van der Waals surface area contributed by atoms with Gasteiger partial charge in [0, 0.05) is 13.0 Å². The first-order valence-corrected chi connectivity index (χ1v) is 4.93. The van der Waals surface area contributed by atoms with Crippen LogP contribution < -0.4 is 0 Å². The van der Waals surface area contributed by atoms with Gasteiger partial charge in [0.1, 0.15) is 11.6 Å². The third kappa shape index (κ3) is 3.09. The lowest BCUT2D eigenvalue weighted by Gasteiger charge is -2.22. The molecule has 0 aromatic heterocycles. The van der Waals surface area contributed by atoms with E-state index in [-0.39, 0.29) is 5.56 Å². The molecule has 0 amide bonds. The smallest absolute Gasteiger partial charge is 0.303 e. The predicted octanol–water partition coefficient (Wildman–Crippen LogP) is 2.49. The van der Waals surface area contributed by atoms with E-state index in [2.05, 4.69) is 0 Å². The molecule has 3 nitrogen and oxygen atoms in total. The summed E-state index contributed by atoms with van der Waals surface area (Å²) < 4.78 is 30.8. The second kappa shape index (κ2) is 4.61. The lowest BCUT2D eigenvalue weighted by molar-refractivity contribution is -0.149. The third-order valence-corrected chi connectivity index (χ3v) is 2.12. The first-order valence-electron chi connectivity index (χ1n) is 4.93. The van der Waals surface area contributed by atoms with Gasteiger partial charge in [-0.2, -0.15) is 0 Å². The number of ketones is 1. The third-order valence-electron chi connectivity index (χ3n) is 2.12. The van der Waals surface area contributed by atoms with Gasteiger partial charge in [0.25, 0.3) is 0 Å². The van der Waals surface area contributed by atoms with Crippen molar-refractivity contribution in [3.05, 3.63) is 35.4 Å². The molecule has 92 valence electrons. The summed E-state index contributed by atoms with van der Waals surface area (Å²) >= 11 is 0. The maximum Gasteiger partial charge on any atom is 0.303 e. The van der Waals surface area contributed by atoms with E-state index < -0.39 is 29.0 Å². The average molecular weight is 242 g/mol. The number of rotatable bonds is 3. The molecule has 0 N–H and O–H groups in total. The van der Waals surface area contributed by atoms with Crippen molar-refractivity contribution in [1.29, 1.82) is 0 Å². The van der Waals surface area contributed by atoms with E-state index in [0.29, 0.717) is 6.07 Å². The van der Waals surface area contributed by atoms with Gasteiger partial charge in [-0.15, -0.1) is 0 Å². The maximum absolute atomic E-state index is 13.4. The van der Waals surface area contributed by atoms with Crippen LogP contribution in [0.2, 0.25) is 0 Å². The van der Waals surface area contributed by atoms with E-state index in [9.17, 15) is 18.4 Å². The molecule has 0 radical (unpaired) electrons. The molecule has 0 heterocycles. The van der Waals surface area contributed by atoms with Crippen LogP contribution in [-0.4, -0.2) is 17.4 Å². The fraction of sp³-hybridized carbons (Fsp3) is 0.333. The Kier molecular flexibility index (Phi) is 3.60. The van der Waals surface area contributed by atoms with Gasteiger partial charge in [-0.3, -0.25) is 9.59 Å². The summed E-state index contributed by atoms with van der Waals surface area (Å²) in [4.78, 5) is 22.7. The number of hydrogen-bond acceptors (Lipinski definition) is 3. The van der Waals surface area contributed by atoms with Crippen molar-refractivity contribution in [1.82, 2.24) is 0 Å². The highest BCUT2D eigenvalue weighted by Gasteiger charge is 2.33. The van der Waals surface area contributed by atoms with Gasteiger partial charge in [0.05, 0.1) is 5.56 Å². The number of carbonyl (C=O) groups excluding carboxylic acids is 2. The van der Waals surface area contributed by atoms with Crippen LogP contribution in [0.4, 0.5) is 8.78 Å². The number of esters is 1. The minimum Gasteiger partial charge on any atom is -0.451 e. The van der Waals surface area contributed by atoms with Crippen molar-refractivity contribution < 1.29 is 23.1 Å². The van der Waals surface area contributed by atoms with Crippen LogP contribution in [0.15, 0.2) is 18.2 Å². The molecular weight excluding hydrogens is 230 g/mol. The molecule has 0 bridgehead atoms. The number of Topliss-reactive ketones (excluding diaryl/α,β-unsaturated/α-hetero) is 1. The Labute approximate surface area is 97.4 Å². The summed E-state index contributed by atoms with van der Waals surface area (Å²) in [5.41, 5.74) is -1.79. The highest BCUT2D eigenvalue weighted by Crippen LogP contribution is 2.20. The van der Waals surface area contributed by atoms with Crippen molar-refractivity contribution in [3.63, 3.8) is 0 Å². The van der Waals surface area contributed by atoms with Gasteiger partial charge < -0.3 is 4.74 Å². The van der Waals surface area contributed by atoms with E-state index in [1.807, 2.05) is 0 Å². The first-order chi connectivity index (χ1) is 7.74. The molecule has 17 heavy (non-hydrogen) atoms. The predicted molar refractivity (Wildman–Crippen MR) is 56.5 cm³/mol. The second-order valence-electron chi connectivity index (χ2n) is 4.06. The number of hydrogen-bond donors (Lipinski definition) is 0. The van der Waals surface area contributed by atoms with Crippen molar-refractivity contribution in [2.45, 2.75) is 26.4 Å². The van der Waals surface area contributed by atoms with Gasteiger partial charge in [-0.1, -0.05) is 0 Å². The molecule has 5 heteroatoms. The number of carbonyl (C=O) groups is 2. The molecule has 1 rings (SSSR count). The topological polar surface area (TPSA) is 43.4 Å². The van der Waals surface area contributed by atoms with Gasteiger partial charge in [0.2, 0.25) is 5.78 Å². The molecule has 0 fully saturated rings. The SMILES string of the molecule is CC(=O)OC(C)(C)C(=O)c1ccc(F)cc1F. The Hall–Kier alpha value is -1.78. The molecule has 0 aliphatic heterocycles. The summed E-state index contributed by atoms with van der Waals surface area (Å²) in [6, 6.07) is 2.61. The Morgan fingerprint density at radius 1 is 1.24 bits per heavy atom. The monoisotopic (exact) mass is 242 g/mol. The van der Waals surface area contributed by atoms with Crippen molar-refractivity contribution >= 4 is 11.8 Å². The normalized spacial score (nSPS) is 11.1. The van der Waals surface area contributed by atoms with Gasteiger partial charge in [0.15, 0.2) is 5.60 Å². The van der Waals surface area contributed by atoms with Crippen LogP contribution in [0, 0.1) is 11.6 Å². The highest BCUT2D eigenvalue weighted by molar-refractivity contribution is 6.03. The van der Waals surface area contributed by atoms with Gasteiger partial charge in [-0.25, -0.2) is 8.78 Å². The Bertz CT molecular complexity index is 467. The number of benzene rings is 1. The fourth-order valence-electron chi connectivity index (χ4n) is 1.40. The highest BCUT2D eigenvalue weighted by atomic mass is 19.1. The standard InChI is InChI=1S/C12H12F2O3/c1-7(15)17-12(2,3)11(16)9-5-4-8(13)6-10(9)14/h4-6H,1-3H3. The zero-order valence-corrected chi connectivity index (χ0v) is 9.71. The van der Waals surface area contributed by atoms with Crippen LogP contribution in [0.25, 0.3) is 0 Å². The van der Waals surface area contributed by atoms with Crippen LogP contribution in [0.3, 0.4) is 0 Å². The molecule has 1 aromatic carbocycles. The summed E-state index contributed by atoms with van der Waals surface area (Å²) in [6.45, 7) is 3.84. The van der Waals surface area contributed by atoms with Crippen LogP contribution in [-0.2, 0) is 9.53 Å². The summed E-state index contributed by atoms with van der Waals surface area (Å²) in [6.07, 6.45) is 0. The zero-order chi connectivity index (χ0) is 13.2. The fourth-order valence-corrected chi connectivity index (χ4v) is 1.40. The molecule has 0 aliphatic carbocycles. The van der Waals surface area contributed by atoms with Gasteiger partial charge >= 0.3 is 5.97 Å². The van der Waals surface area contributed by atoms with E-state index in [4.69, 9.17) is 4.74 Å². The summed E-state index contributed by atoms with van der Waals surface area (Å²) in [5, 5.41) is 0. The Balaban J connectivity index is 3.07. The average Bonchev–Trinajstić information content (AvgIpc) is 2.14. The molecule has 0 spiro atoms. The quantitative estimate of drug-likeness (QED) is 0.604. The molecule has 1 aromatic rings. The molecule has 0 saturated heterocycles. The van der Waals surface area contributed by atoms with E-state index in [0.717, 1.165) is 19.1 Å². The molecule has 0 unspecified atom stereocenters. The van der Waals surface area contributed by atoms with Crippen molar-refractivity contribution in [2.75, 3.05) is 0 Å². The zero-order valence-electron chi connectivity index (χ0n) is 9.71. The van der Waals surface area contributed by atoms with Crippen LogP contribution in [0.5, 0.6) is 0 Å². The maximum atomic E-state index is 13.4. The largest absolute Gasteiger partial charge is 0.451 e. The van der Waals surface area contributed by atoms with Crippen molar-refractivity contribution in [2.24, 2.45) is 0 Å². The molecular formula is C12H12F2O3. The minimum absolute atomic E-state index is 0.308. The van der Waals surface area contributed by atoms with Crippen molar-refractivity contribution in [3.8, 4) is 0 Å². The molecule has 0 atom stereocenters. The van der Waals surface area contributed by atoms with E-state index >= 15 is 0 Å². The number of halogens is 2. The Morgan fingerprint density at radius 3 is 2.29 bits per heavy atom. The van der Waals surface area contributed by atoms with Crippen LogP contribution >= 0.6 is 0 Å². The first kappa shape index (κ1) is 13.3. The number of ether oxygens (including phenoxy) is 1. The molecule has 0 saturated carbocycles. The van der Waals surface area contributed by atoms with E-state index in [1.165, 1.54) is 13.8 Å². The molecule has 0 aliphatic rings. The lowest BCUT2D eigenvalue weighted by Crippen LogP contribution is -2.37. The lowest BCUT2D eigenvalue weighted by atomic mass is 9.96. The van der Waals surface area contributed by atoms with Crippen LogP contribution in [0.1, 0.15) is 31.1 Å².